The zero-order valence-electron chi connectivity index (χ0n) is 10.7. The fraction of sp³-hybridized carbons (Fsp3) is 0.909. The second kappa shape index (κ2) is 7.13. The number of rotatable bonds is 5. The quantitative estimate of drug-likeness (QED) is 0.373. The Morgan fingerprint density at radius 1 is 1.42 bits per heavy atom. The van der Waals surface area contributed by atoms with Gasteiger partial charge in [-0.2, -0.15) is 0 Å². The number of aliphatic hydroxyl groups excluding tert-OH is 4. The van der Waals surface area contributed by atoms with E-state index in [4.69, 9.17) is 20.3 Å². The SMILES string of the molecule is CC(CC(N)=O)O[C@H]1OC(CO)[C@H](O)C(O)CC1O. The molecular weight excluding hydrogens is 258 g/mol. The third-order valence-corrected chi connectivity index (χ3v) is 2.92. The summed E-state index contributed by atoms with van der Waals surface area (Å²) in [5.74, 6) is -0.561. The summed E-state index contributed by atoms with van der Waals surface area (Å²) < 4.78 is 10.5. The van der Waals surface area contributed by atoms with Gasteiger partial charge in [0.05, 0.1) is 25.2 Å². The van der Waals surface area contributed by atoms with Crippen LogP contribution in [0, 0.1) is 0 Å². The predicted molar refractivity (Wildman–Crippen MR) is 62.7 cm³/mol. The zero-order valence-corrected chi connectivity index (χ0v) is 10.7. The molecule has 4 unspecified atom stereocenters. The fourth-order valence-electron chi connectivity index (χ4n) is 1.92. The van der Waals surface area contributed by atoms with Gasteiger partial charge in [-0.15, -0.1) is 0 Å². The van der Waals surface area contributed by atoms with E-state index in [1.165, 1.54) is 0 Å². The summed E-state index contributed by atoms with van der Waals surface area (Å²) in [6.45, 7) is 1.04. The Hall–Kier alpha value is -0.770. The van der Waals surface area contributed by atoms with Crippen molar-refractivity contribution in [3.8, 4) is 0 Å². The van der Waals surface area contributed by atoms with Gasteiger partial charge in [-0.1, -0.05) is 0 Å². The molecular formula is C11H21NO7. The van der Waals surface area contributed by atoms with Gasteiger partial charge in [0.25, 0.3) is 0 Å². The molecule has 0 bridgehead atoms. The number of nitrogens with two attached hydrogens (primary N) is 1. The van der Waals surface area contributed by atoms with Gasteiger partial charge in [-0.3, -0.25) is 4.79 Å². The van der Waals surface area contributed by atoms with Gasteiger partial charge < -0.3 is 35.6 Å². The van der Waals surface area contributed by atoms with Gasteiger partial charge in [0.1, 0.15) is 18.3 Å². The number of hydrogen-bond donors (Lipinski definition) is 5. The summed E-state index contributed by atoms with van der Waals surface area (Å²) in [5, 5.41) is 38.1. The summed E-state index contributed by atoms with van der Waals surface area (Å²) in [5.41, 5.74) is 5.02. The maximum Gasteiger partial charge on any atom is 0.220 e. The molecule has 0 saturated carbocycles. The molecule has 0 spiro atoms. The van der Waals surface area contributed by atoms with Crippen LogP contribution >= 0.6 is 0 Å². The van der Waals surface area contributed by atoms with E-state index in [9.17, 15) is 20.1 Å². The van der Waals surface area contributed by atoms with E-state index in [1.54, 1.807) is 6.92 Å². The molecule has 0 aromatic carbocycles. The maximum absolute atomic E-state index is 10.7. The van der Waals surface area contributed by atoms with Gasteiger partial charge >= 0.3 is 0 Å². The zero-order chi connectivity index (χ0) is 14.6. The van der Waals surface area contributed by atoms with Crippen LogP contribution < -0.4 is 5.73 Å². The minimum absolute atomic E-state index is 0.0541. The molecule has 1 aliphatic heterocycles. The lowest BCUT2D eigenvalue weighted by atomic mass is 10.0. The summed E-state index contributed by atoms with van der Waals surface area (Å²) in [6.07, 6.45) is -6.77. The van der Waals surface area contributed by atoms with Crippen molar-refractivity contribution in [1.29, 1.82) is 0 Å². The molecule has 0 radical (unpaired) electrons. The Labute approximate surface area is 110 Å². The van der Waals surface area contributed by atoms with Crippen molar-refractivity contribution in [3.63, 3.8) is 0 Å². The molecule has 19 heavy (non-hydrogen) atoms. The van der Waals surface area contributed by atoms with Crippen molar-refractivity contribution < 1.29 is 34.7 Å². The number of carbonyl (C=O) groups is 1. The van der Waals surface area contributed by atoms with Crippen molar-refractivity contribution in [2.75, 3.05) is 6.61 Å². The van der Waals surface area contributed by atoms with Crippen LogP contribution in [0.4, 0.5) is 0 Å². The van der Waals surface area contributed by atoms with Gasteiger partial charge in [0.2, 0.25) is 5.91 Å². The lowest BCUT2D eigenvalue weighted by Gasteiger charge is -2.27. The molecule has 0 aromatic heterocycles. The first-order chi connectivity index (χ1) is 8.85. The van der Waals surface area contributed by atoms with E-state index in [0.717, 1.165) is 0 Å². The summed E-state index contributed by atoms with van der Waals surface area (Å²) >= 11 is 0. The van der Waals surface area contributed by atoms with Gasteiger partial charge in [0.15, 0.2) is 6.29 Å². The van der Waals surface area contributed by atoms with Crippen molar-refractivity contribution >= 4 is 5.91 Å². The maximum atomic E-state index is 10.7. The van der Waals surface area contributed by atoms with Crippen LogP contribution in [0.1, 0.15) is 19.8 Å². The second-order valence-corrected chi connectivity index (χ2v) is 4.70. The molecule has 0 aliphatic carbocycles. The second-order valence-electron chi connectivity index (χ2n) is 4.70. The molecule has 1 amide bonds. The van der Waals surface area contributed by atoms with Crippen LogP contribution in [0.5, 0.6) is 0 Å². The smallest absolute Gasteiger partial charge is 0.220 e. The first kappa shape index (κ1) is 16.3. The van der Waals surface area contributed by atoms with Gasteiger partial charge in [-0.25, -0.2) is 0 Å². The predicted octanol–water partition coefficient (Wildman–Crippen LogP) is -2.54. The van der Waals surface area contributed by atoms with Crippen LogP contribution in [0.2, 0.25) is 0 Å². The highest BCUT2D eigenvalue weighted by Gasteiger charge is 2.39. The van der Waals surface area contributed by atoms with Crippen molar-refractivity contribution in [2.24, 2.45) is 5.73 Å². The minimum Gasteiger partial charge on any atom is -0.394 e. The lowest BCUT2D eigenvalue weighted by Crippen LogP contribution is -2.41. The third-order valence-electron chi connectivity index (χ3n) is 2.92. The largest absolute Gasteiger partial charge is 0.394 e. The Bertz CT molecular complexity index is 301. The first-order valence-corrected chi connectivity index (χ1v) is 6.09. The molecule has 1 saturated heterocycles. The van der Waals surface area contributed by atoms with Crippen LogP contribution in [0.15, 0.2) is 0 Å². The van der Waals surface area contributed by atoms with E-state index in [-0.39, 0.29) is 12.8 Å². The number of amides is 1. The number of aliphatic hydroxyl groups is 4. The van der Waals surface area contributed by atoms with E-state index in [2.05, 4.69) is 0 Å². The fourth-order valence-corrected chi connectivity index (χ4v) is 1.92. The third kappa shape index (κ3) is 4.68. The Balaban J connectivity index is 2.67. The number of hydrogen-bond acceptors (Lipinski definition) is 7. The highest BCUT2D eigenvalue weighted by molar-refractivity contribution is 5.74. The minimum atomic E-state index is -1.32. The van der Waals surface area contributed by atoms with Gasteiger partial charge in [0, 0.05) is 6.42 Å². The molecule has 1 rings (SSSR count). The molecule has 8 heteroatoms. The Kier molecular flexibility index (Phi) is 6.11. The standard InChI is InChI=1S/C11H21NO7/c1-5(2-9(12)16)18-11-7(15)3-6(14)10(17)8(4-13)19-11/h5-8,10-11,13-15,17H,2-4H2,1H3,(H2,12,16)/t5?,6?,7?,8?,10-,11+/m1/s1. The van der Waals surface area contributed by atoms with Crippen LogP contribution in [0.25, 0.3) is 0 Å². The van der Waals surface area contributed by atoms with E-state index in [0.29, 0.717) is 0 Å². The van der Waals surface area contributed by atoms with Crippen molar-refractivity contribution in [2.45, 2.75) is 56.6 Å². The highest BCUT2D eigenvalue weighted by Crippen LogP contribution is 2.22. The van der Waals surface area contributed by atoms with E-state index >= 15 is 0 Å². The van der Waals surface area contributed by atoms with E-state index < -0.39 is 49.3 Å². The molecule has 8 nitrogen and oxygen atoms in total. The highest BCUT2D eigenvalue weighted by atomic mass is 16.7. The van der Waals surface area contributed by atoms with E-state index in [1.807, 2.05) is 0 Å². The van der Waals surface area contributed by atoms with Crippen LogP contribution in [-0.2, 0) is 14.3 Å². The average Bonchev–Trinajstić information content (AvgIpc) is 2.40. The average molecular weight is 279 g/mol. The summed E-state index contributed by atoms with van der Waals surface area (Å²) in [4.78, 5) is 10.7. The Morgan fingerprint density at radius 2 is 2.05 bits per heavy atom. The topological polar surface area (TPSA) is 142 Å². The molecule has 6 N–H and O–H groups in total. The Morgan fingerprint density at radius 3 is 2.58 bits per heavy atom. The molecule has 1 heterocycles. The number of carbonyl (C=O) groups excluding carboxylic acids is 1. The van der Waals surface area contributed by atoms with Crippen LogP contribution in [0.3, 0.4) is 0 Å². The number of primary amides is 1. The molecule has 0 aromatic rings. The monoisotopic (exact) mass is 279 g/mol. The van der Waals surface area contributed by atoms with Crippen molar-refractivity contribution in [1.82, 2.24) is 0 Å². The summed E-state index contributed by atoms with van der Waals surface area (Å²) in [7, 11) is 0. The van der Waals surface area contributed by atoms with Crippen LogP contribution in [-0.4, -0.2) is 69.8 Å². The molecule has 112 valence electrons. The normalized spacial score (nSPS) is 37.6. The first-order valence-electron chi connectivity index (χ1n) is 6.09. The lowest BCUT2D eigenvalue weighted by molar-refractivity contribution is -0.240. The number of ether oxygens (including phenoxy) is 2. The van der Waals surface area contributed by atoms with Crippen molar-refractivity contribution in [3.05, 3.63) is 0 Å². The molecule has 1 fully saturated rings. The molecule has 1 aliphatic rings. The summed E-state index contributed by atoms with van der Waals surface area (Å²) in [6, 6.07) is 0. The van der Waals surface area contributed by atoms with Gasteiger partial charge in [-0.05, 0) is 6.92 Å². The molecule has 6 atom stereocenters.